The fourth-order valence-corrected chi connectivity index (χ4v) is 3.86. The normalized spacial score (nSPS) is 12.1. The first-order chi connectivity index (χ1) is 15.2. The largest absolute Gasteiger partial charge is 0.494 e. The van der Waals surface area contributed by atoms with Gasteiger partial charge in [0.2, 0.25) is 0 Å². The first-order valence-electron chi connectivity index (χ1n) is 10.5. The molecule has 0 aliphatic heterocycles. The molecule has 0 amide bonds. The van der Waals surface area contributed by atoms with Crippen molar-refractivity contribution in [3.8, 4) is 11.4 Å². The molecule has 1 atom stereocenters. The van der Waals surface area contributed by atoms with Crippen LogP contribution in [0, 0.1) is 6.92 Å². The Hall–Kier alpha value is -3.51. The fourth-order valence-electron chi connectivity index (χ4n) is 3.86. The Morgan fingerprint density at radius 3 is 2.42 bits per heavy atom. The van der Waals surface area contributed by atoms with Crippen LogP contribution >= 0.6 is 0 Å². The second-order valence-corrected chi connectivity index (χ2v) is 7.50. The van der Waals surface area contributed by atoms with E-state index in [1.54, 1.807) is 0 Å². The molecule has 6 nitrogen and oxygen atoms in total. The maximum Gasteiger partial charge on any atom is 0.178 e. The van der Waals surface area contributed by atoms with E-state index in [0.29, 0.717) is 13.2 Å². The van der Waals surface area contributed by atoms with Gasteiger partial charge in [-0.2, -0.15) is 4.68 Å². The van der Waals surface area contributed by atoms with E-state index >= 15 is 0 Å². The van der Waals surface area contributed by atoms with Gasteiger partial charge in [-0.1, -0.05) is 66.7 Å². The van der Waals surface area contributed by atoms with Crippen LogP contribution in [-0.4, -0.2) is 38.8 Å². The van der Waals surface area contributed by atoms with Gasteiger partial charge in [0.15, 0.2) is 5.82 Å². The van der Waals surface area contributed by atoms with Crippen LogP contribution in [0.4, 0.5) is 0 Å². The fraction of sp³-hybridized carbons (Fsp3) is 0.240. The lowest BCUT2D eigenvalue weighted by atomic mass is 10.0. The zero-order chi connectivity index (χ0) is 21.6. The van der Waals surface area contributed by atoms with Gasteiger partial charge in [-0.25, -0.2) is 0 Å². The molecule has 0 N–H and O–H groups in total. The highest BCUT2D eigenvalue weighted by atomic mass is 16.5. The number of ether oxygens (including phenoxy) is 1. The van der Waals surface area contributed by atoms with Gasteiger partial charge in [-0.15, -0.1) is 5.10 Å². The minimum Gasteiger partial charge on any atom is -0.494 e. The Balaban J connectivity index is 1.76. The van der Waals surface area contributed by atoms with Crippen LogP contribution < -0.4 is 4.74 Å². The highest BCUT2D eigenvalue weighted by Crippen LogP contribution is 2.30. The minimum atomic E-state index is -0.134. The van der Waals surface area contributed by atoms with E-state index in [9.17, 15) is 0 Å². The Bertz CT molecular complexity index is 1130. The number of benzene rings is 3. The third-order valence-electron chi connectivity index (χ3n) is 5.33. The molecule has 0 aliphatic carbocycles. The van der Waals surface area contributed by atoms with Crippen molar-refractivity contribution in [3.63, 3.8) is 0 Å². The molecule has 3 aromatic carbocycles. The number of tetrazole rings is 1. The van der Waals surface area contributed by atoms with Crippen LogP contribution in [0.3, 0.4) is 0 Å². The van der Waals surface area contributed by atoms with Gasteiger partial charge in [0.25, 0.3) is 0 Å². The van der Waals surface area contributed by atoms with Crippen molar-refractivity contribution >= 4 is 0 Å². The van der Waals surface area contributed by atoms with Crippen molar-refractivity contribution in [2.75, 3.05) is 13.7 Å². The molecule has 0 saturated heterocycles. The third kappa shape index (κ3) is 4.49. The van der Waals surface area contributed by atoms with Crippen molar-refractivity contribution in [2.24, 2.45) is 0 Å². The van der Waals surface area contributed by atoms with E-state index < -0.39 is 0 Å². The SMILES string of the molecule is CCOc1ccccc1CN(C)[C@H](c1ccccc1)c1nnnn1-c1ccccc1C. The topological polar surface area (TPSA) is 56.1 Å². The molecule has 1 heterocycles. The summed E-state index contributed by atoms with van der Waals surface area (Å²) < 4.78 is 7.70. The summed E-state index contributed by atoms with van der Waals surface area (Å²) in [5.74, 6) is 1.68. The number of rotatable bonds is 8. The van der Waals surface area contributed by atoms with E-state index in [4.69, 9.17) is 4.74 Å². The van der Waals surface area contributed by atoms with Gasteiger partial charge >= 0.3 is 0 Å². The molecule has 0 radical (unpaired) electrons. The smallest absolute Gasteiger partial charge is 0.178 e. The Morgan fingerprint density at radius 2 is 1.65 bits per heavy atom. The van der Waals surface area contributed by atoms with Crippen LogP contribution in [-0.2, 0) is 6.54 Å². The average molecular weight is 414 g/mol. The highest BCUT2D eigenvalue weighted by Gasteiger charge is 2.27. The zero-order valence-electron chi connectivity index (χ0n) is 18.1. The summed E-state index contributed by atoms with van der Waals surface area (Å²) in [5.41, 5.74) is 4.35. The summed E-state index contributed by atoms with van der Waals surface area (Å²) in [5, 5.41) is 12.8. The monoisotopic (exact) mass is 413 g/mol. The molecule has 158 valence electrons. The summed E-state index contributed by atoms with van der Waals surface area (Å²) in [6.07, 6.45) is 0. The Morgan fingerprint density at radius 1 is 0.935 bits per heavy atom. The predicted octanol–water partition coefficient (Wildman–Crippen LogP) is 4.59. The minimum absolute atomic E-state index is 0.134. The molecule has 4 aromatic rings. The van der Waals surface area contributed by atoms with E-state index in [2.05, 4.69) is 58.7 Å². The van der Waals surface area contributed by atoms with Gasteiger partial charge in [-0.3, -0.25) is 4.90 Å². The van der Waals surface area contributed by atoms with Gasteiger partial charge in [0.05, 0.1) is 18.3 Å². The molecule has 31 heavy (non-hydrogen) atoms. The molecular formula is C25H27N5O. The first-order valence-corrected chi connectivity index (χ1v) is 10.5. The Labute approximate surface area is 183 Å². The summed E-state index contributed by atoms with van der Waals surface area (Å²) in [6.45, 7) is 5.40. The third-order valence-corrected chi connectivity index (χ3v) is 5.33. The first kappa shape index (κ1) is 20.8. The zero-order valence-corrected chi connectivity index (χ0v) is 18.1. The molecule has 0 fully saturated rings. The van der Waals surface area contributed by atoms with Crippen LogP contribution in [0.5, 0.6) is 5.75 Å². The summed E-state index contributed by atoms with van der Waals surface area (Å²) in [7, 11) is 2.09. The standard InChI is InChI=1S/C25H27N5O/c1-4-31-23-17-11-9-15-21(23)18-29(3)24(20-13-6-5-7-14-20)25-26-27-28-30(25)22-16-10-8-12-19(22)2/h5-17,24H,4,18H2,1-3H3/t24-/m1/s1. The van der Waals surface area contributed by atoms with Crippen LogP contribution in [0.25, 0.3) is 5.69 Å². The molecule has 4 rings (SSSR count). The molecule has 0 bridgehead atoms. The van der Waals surface area contributed by atoms with Gasteiger partial charge in [-0.05, 0) is 54.6 Å². The average Bonchev–Trinajstić information content (AvgIpc) is 3.25. The van der Waals surface area contributed by atoms with Crippen LogP contribution in [0.2, 0.25) is 0 Å². The lowest BCUT2D eigenvalue weighted by molar-refractivity contribution is 0.251. The number of aryl methyl sites for hydroxylation is 1. The van der Waals surface area contributed by atoms with E-state index in [-0.39, 0.29) is 6.04 Å². The lowest BCUT2D eigenvalue weighted by Gasteiger charge is -2.28. The van der Waals surface area contributed by atoms with Gasteiger partial charge < -0.3 is 4.74 Å². The molecule has 0 spiro atoms. The van der Waals surface area contributed by atoms with Gasteiger partial charge in [0.1, 0.15) is 5.75 Å². The second-order valence-electron chi connectivity index (χ2n) is 7.50. The number of aromatic nitrogens is 4. The maximum atomic E-state index is 5.85. The molecule has 0 saturated carbocycles. The molecule has 0 unspecified atom stereocenters. The number of hydrogen-bond acceptors (Lipinski definition) is 5. The van der Waals surface area contributed by atoms with Crippen molar-refractivity contribution < 1.29 is 4.74 Å². The highest BCUT2D eigenvalue weighted by molar-refractivity contribution is 5.41. The number of para-hydroxylation sites is 2. The van der Waals surface area contributed by atoms with E-state index in [1.165, 1.54) is 0 Å². The van der Waals surface area contributed by atoms with Crippen molar-refractivity contribution in [3.05, 3.63) is 101 Å². The summed E-state index contributed by atoms with van der Waals surface area (Å²) in [6, 6.07) is 26.5. The molecule has 0 aliphatic rings. The van der Waals surface area contributed by atoms with Crippen molar-refractivity contribution in [1.82, 2.24) is 25.1 Å². The lowest BCUT2D eigenvalue weighted by Crippen LogP contribution is -2.28. The number of nitrogens with zero attached hydrogens (tertiary/aromatic N) is 5. The van der Waals surface area contributed by atoms with E-state index in [0.717, 1.165) is 34.0 Å². The quantitative estimate of drug-likeness (QED) is 0.423. The number of hydrogen-bond donors (Lipinski definition) is 0. The Kier molecular flexibility index (Phi) is 6.38. The molecule has 6 heteroatoms. The van der Waals surface area contributed by atoms with Crippen LogP contribution in [0.15, 0.2) is 78.9 Å². The predicted molar refractivity (Wildman–Crippen MR) is 121 cm³/mol. The second kappa shape index (κ2) is 9.53. The van der Waals surface area contributed by atoms with Gasteiger partial charge in [0, 0.05) is 12.1 Å². The summed E-state index contributed by atoms with van der Waals surface area (Å²) in [4.78, 5) is 2.26. The maximum absolute atomic E-state index is 5.85. The van der Waals surface area contributed by atoms with Crippen molar-refractivity contribution in [1.29, 1.82) is 0 Å². The van der Waals surface area contributed by atoms with E-state index in [1.807, 2.05) is 66.2 Å². The summed E-state index contributed by atoms with van der Waals surface area (Å²) >= 11 is 0. The molecular weight excluding hydrogens is 386 g/mol. The van der Waals surface area contributed by atoms with Crippen molar-refractivity contribution in [2.45, 2.75) is 26.4 Å². The van der Waals surface area contributed by atoms with Crippen LogP contribution in [0.1, 0.15) is 35.5 Å². The molecule has 1 aromatic heterocycles.